The van der Waals surface area contributed by atoms with Gasteiger partial charge in [0.1, 0.15) is 10.8 Å². The average molecular weight is 406 g/mol. The molecule has 28 heavy (non-hydrogen) atoms. The van der Waals surface area contributed by atoms with Crippen molar-refractivity contribution in [2.24, 2.45) is 0 Å². The van der Waals surface area contributed by atoms with Crippen molar-refractivity contribution in [1.82, 2.24) is 10.3 Å². The van der Waals surface area contributed by atoms with Gasteiger partial charge in [0.05, 0.1) is 12.1 Å². The molecule has 2 aromatic carbocycles. The van der Waals surface area contributed by atoms with Crippen LogP contribution in [0, 0.1) is 0 Å². The summed E-state index contributed by atoms with van der Waals surface area (Å²) in [7, 11) is 0. The lowest BCUT2D eigenvalue weighted by Crippen LogP contribution is -2.24. The van der Waals surface area contributed by atoms with E-state index in [1.165, 1.54) is 23.5 Å². The Hall–Kier alpha value is -2.87. The third kappa shape index (κ3) is 6.09. The normalized spacial score (nSPS) is 11.2. The summed E-state index contributed by atoms with van der Waals surface area (Å²) < 4.78 is 41.0. The molecule has 0 saturated carbocycles. The molecule has 3 rings (SSSR count). The van der Waals surface area contributed by atoms with Crippen molar-refractivity contribution in [2.75, 3.05) is 6.61 Å². The van der Waals surface area contributed by atoms with Gasteiger partial charge in [-0.05, 0) is 17.7 Å². The number of ether oxygens (including phenoxy) is 1. The molecule has 0 unspecified atom stereocenters. The van der Waals surface area contributed by atoms with Gasteiger partial charge in [0.15, 0.2) is 6.61 Å². The lowest BCUT2D eigenvalue weighted by atomic mass is 10.2. The largest absolute Gasteiger partial charge is 0.484 e. The summed E-state index contributed by atoms with van der Waals surface area (Å²) >= 11 is 1.48. The minimum atomic E-state index is -4.37. The van der Waals surface area contributed by atoms with Crippen LogP contribution >= 0.6 is 11.3 Å². The molecule has 0 spiro atoms. The first-order valence-corrected chi connectivity index (χ1v) is 9.32. The molecule has 4 nitrogen and oxygen atoms in total. The molecule has 0 aliphatic heterocycles. The molecule has 0 saturated heterocycles. The topological polar surface area (TPSA) is 51.2 Å². The number of benzene rings is 2. The van der Waals surface area contributed by atoms with Crippen molar-refractivity contribution in [3.05, 3.63) is 71.2 Å². The van der Waals surface area contributed by atoms with Crippen LogP contribution in [-0.4, -0.2) is 23.7 Å². The van der Waals surface area contributed by atoms with Gasteiger partial charge in [-0.1, -0.05) is 42.5 Å². The van der Waals surface area contributed by atoms with Crippen LogP contribution in [0.5, 0.6) is 5.75 Å². The number of carbonyl (C=O) groups is 1. The SMILES string of the molecule is O=C(Cc1csc(-c2ccccc2)n1)NCc1ccc(OCC(F)(F)F)cc1. The molecule has 8 heteroatoms. The third-order valence-corrected chi connectivity index (χ3v) is 4.67. The van der Waals surface area contributed by atoms with E-state index in [-0.39, 0.29) is 24.6 Å². The van der Waals surface area contributed by atoms with E-state index in [1.807, 2.05) is 35.7 Å². The molecule has 146 valence electrons. The van der Waals surface area contributed by atoms with Crippen LogP contribution < -0.4 is 10.1 Å². The molecule has 1 heterocycles. The van der Waals surface area contributed by atoms with Gasteiger partial charge in [0.25, 0.3) is 0 Å². The minimum absolute atomic E-state index is 0.128. The number of carbonyl (C=O) groups excluding carboxylic acids is 1. The fraction of sp³-hybridized carbons (Fsp3) is 0.200. The predicted octanol–water partition coefficient (Wildman–Crippen LogP) is 4.61. The number of amides is 1. The van der Waals surface area contributed by atoms with Crippen molar-refractivity contribution in [3.8, 4) is 16.3 Å². The Labute approximate surface area is 164 Å². The molecule has 1 N–H and O–H groups in total. The summed E-state index contributed by atoms with van der Waals surface area (Å²) in [6.45, 7) is -1.06. The van der Waals surface area contributed by atoms with Gasteiger partial charge in [-0.2, -0.15) is 13.2 Å². The van der Waals surface area contributed by atoms with E-state index in [0.29, 0.717) is 5.69 Å². The molecule has 1 amide bonds. The van der Waals surface area contributed by atoms with Crippen molar-refractivity contribution < 1.29 is 22.7 Å². The van der Waals surface area contributed by atoms with Crippen molar-refractivity contribution in [3.63, 3.8) is 0 Å². The molecular weight excluding hydrogens is 389 g/mol. The zero-order valence-electron chi connectivity index (χ0n) is 14.7. The number of aromatic nitrogens is 1. The van der Waals surface area contributed by atoms with Crippen LogP contribution in [-0.2, 0) is 17.8 Å². The fourth-order valence-corrected chi connectivity index (χ4v) is 3.22. The highest BCUT2D eigenvalue weighted by molar-refractivity contribution is 7.13. The van der Waals surface area contributed by atoms with Crippen LogP contribution in [0.2, 0.25) is 0 Å². The Kier molecular flexibility index (Phi) is 6.30. The van der Waals surface area contributed by atoms with Crippen LogP contribution in [0.4, 0.5) is 13.2 Å². The lowest BCUT2D eigenvalue weighted by molar-refractivity contribution is -0.153. The first kappa shape index (κ1) is 19.9. The molecule has 0 radical (unpaired) electrons. The molecule has 0 fully saturated rings. The van der Waals surface area contributed by atoms with E-state index in [1.54, 1.807) is 12.1 Å². The highest BCUT2D eigenvalue weighted by Gasteiger charge is 2.28. The summed E-state index contributed by atoms with van der Waals surface area (Å²) in [6.07, 6.45) is -4.21. The van der Waals surface area contributed by atoms with Crippen molar-refractivity contribution in [1.29, 1.82) is 0 Å². The van der Waals surface area contributed by atoms with Gasteiger partial charge in [-0.15, -0.1) is 11.3 Å². The van der Waals surface area contributed by atoms with E-state index in [9.17, 15) is 18.0 Å². The number of alkyl halides is 3. The zero-order chi connectivity index (χ0) is 20.0. The predicted molar refractivity (Wildman–Crippen MR) is 101 cm³/mol. The Morgan fingerprint density at radius 2 is 1.79 bits per heavy atom. The maximum atomic E-state index is 12.1. The Morgan fingerprint density at radius 1 is 1.07 bits per heavy atom. The number of hydrogen-bond donors (Lipinski definition) is 1. The zero-order valence-corrected chi connectivity index (χ0v) is 15.5. The van der Waals surface area contributed by atoms with Gasteiger partial charge in [-0.25, -0.2) is 4.98 Å². The summed E-state index contributed by atoms with van der Waals surface area (Å²) in [5, 5.41) is 5.49. The van der Waals surface area contributed by atoms with Crippen LogP contribution in [0.15, 0.2) is 60.0 Å². The number of hydrogen-bond acceptors (Lipinski definition) is 4. The van der Waals surface area contributed by atoms with Crippen molar-refractivity contribution in [2.45, 2.75) is 19.1 Å². The number of nitrogens with zero attached hydrogens (tertiary/aromatic N) is 1. The first-order valence-electron chi connectivity index (χ1n) is 8.44. The quantitative estimate of drug-likeness (QED) is 0.623. The van der Waals surface area contributed by atoms with Crippen molar-refractivity contribution >= 4 is 17.2 Å². The van der Waals surface area contributed by atoms with Crippen LogP contribution in [0.3, 0.4) is 0 Å². The molecule has 0 aliphatic rings. The molecule has 0 atom stereocenters. The maximum absolute atomic E-state index is 12.1. The third-order valence-electron chi connectivity index (χ3n) is 3.73. The molecular formula is C20H17F3N2O2S. The van der Waals surface area contributed by atoms with E-state index in [2.05, 4.69) is 15.0 Å². The first-order chi connectivity index (χ1) is 13.4. The monoisotopic (exact) mass is 406 g/mol. The summed E-state index contributed by atoms with van der Waals surface area (Å²) in [5.41, 5.74) is 2.46. The minimum Gasteiger partial charge on any atom is -0.484 e. The number of halogens is 3. The Balaban J connectivity index is 1.47. The van der Waals surface area contributed by atoms with E-state index in [4.69, 9.17) is 0 Å². The summed E-state index contributed by atoms with van der Waals surface area (Å²) in [4.78, 5) is 16.6. The van der Waals surface area contributed by atoms with Gasteiger partial charge in [0, 0.05) is 17.5 Å². The summed E-state index contributed by atoms with van der Waals surface area (Å²) in [6, 6.07) is 15.8. The Bertz CT molecular complexity index is 909. The molecule has 3 aromatic rings. The molecule has 0 bridgehead atoms. The maximum Gasteiger partial charge on any atom is 0.422 e. The second-order valence-electron chi connectivity index (χ2n) is 6.01. The van der Waals surface area contributed by atoms with E-state index < -0.39 is 12.8 Å². The highest BCUT2D eigenvalue weighted by Crippen LogP contribution is 2.23. The average Bonchev–Trinajstić information content (AvgIpc) is 3.14. The van der Waals surface area contributed by atoms with E-state index >= 15 is 0 Å². The van der Waals surface area contributed by atoms with Gasteiger partial charge in [0.2, 0.25) is 5.91 Å². The number of nitrogens with one attached hydrogen (secondary N) is 1. The molecule has 1 aromatic heterocycles. The van der Waals surface area contributed by atoms with Gasteiger partial charge >= 0.3 is 6.18 Å². The summed E-state index contributed by atoms with van der Waals surface area (Å²) in [5.74, 6) is -0.0503. The Morgan fingerprint density at radius 3 is 2.46 bits per heavy atom. The smallest absolute Gasteiger partial charge is 0.422 e. The fourth-order valence-electron chi connectivity index (χ4n) is 2.40. The lowest BCUT2D eigenvalue weighted by Gasteiger charge is -2.10. The number of rotatable bonds is 7. The van der Waals surface area contributed by atoms with Crippen LogP contribution in [0.25, 0.3) is 10.6 Å². The standard InChI is InChI=1S/C20H17F3N2O2S/c21-20(22,23)13-27-17-8-6-14(7-9-17)11-24-18(26)10-16-12-28-19(25-16)15-4-2-1-3-5-15/h1-9,12H,10-11,13H2,(H,24,26). The highest BCUT2D eigenvalue weighted by atomic mass is 32.1. The molecule has 0 aliphatic carbocycles. The van der Waals surface area contributed by atoms with E-state index in [0.717, 1.165) is 16.1 Å². The number of thiazole rings is 1. The van der Waals surface area contributed by atoms with Gasteiger partial charge in [-0.3, -0.25) is 4.79 Å². The second-order valence-corrected chi connectivity index (χ2v) is 6.87. The second kappa shape index (κ2) is 8.88. The van der Waals surface area contributed by atoms with Crippen LogP contribution in [0.1, 0.15) is 11.3 Å². The van der Waals surface area contributed by atoms with Gasteiger partial charge < -0.3 is 10.1 Å².